The van der Waals surface area contributed by atoms with E-state index in [1.807, 2.05) is 60.7 Å². The van der Waals surface area contributed by atoms with Crippen molar-refractivity contribution < 1.29 is 9.53 Å². The minimum absolute atomic E-state index is 0.156. The molecule has 3 aromatic rings. The molecule has 2 aliphatic rings. The van der Waals surface area contributed by atoms with Gasteiger partial charge < -0.3 is 4.74 Å². The summed E-state index contributed by atoms with van der Waals surface area (Å²) in [6.07, 6.45) is 1.37. The number of ketones is 1. The van der Waals surface area contributed by atoms with Gasteiger partial charge in [-0.3, -0.25) is 4.79 Å². The van der Waals surface area contributed by atoms with Crippen LogP contribution in [0.2, 0.25) is 0 Å². The lowest BCUT2D eigenvalue weighted by Gasteiger charge is -2.29. The second-order valence-corrected chi connectivity index (χ2v) is 7.49. The van der Waals surface area contributed by atoms with Crippen molar-refractivity contribution in [3.63, 3.8) is 0 Å². The molecule has 0 fully saturated rings. The molecule has 3 heteroatoms. The lowest BCUT2D eigenvalue weighted by atomic mass is 9.80. The number of aryl methyl sites for hydroxylation is 1. The number of nitrogens with zero attached hydrogens (tertiary/aromatic N) is 1. The first-order valence-electron chi connectivity index (χ1n) is 9.73. The highest BCUT2D eigenvalue weighted by atomic mass is 16.5. The molecule has 1 aliphatic heterocycles. The van der Waals surface area contributed by atoms with Gasteiger partial charge in [-0.15, -0.1) is 0 Å². The average Bonchev–Trinajstić information content (AvgIpc) is 3.09. The Balaban J connectivity index is 1.68. The third-order valence-electron chi connectivity index (χ3n) is 5.74. The Bertz CT molecular complexity index is 1040. The van der Waals surface area contributed by atoms with Gasteiger partial charge in [0.2, 0.25) is 5.90 Å². The van der Waals surface area contributed by atoms with Gasteiger partial charge in [-0.1, -0.05) is 72.8 Å². The maximum atomic E-state index is 13.5. The molecule has 2 atom stereocenters. The van der Waals surface area contributed by atoms with Gasteiger partial charge in [-0.25, -0.2) is 4.99 Å². The Morgan fingerprint density at radius 3 is 2.32 bits per heavy atom. The van der Waals surface area contributed by atoms with Gasteiger partial charge in [0, 0.05) is 18.4 Å². The molecule has 138 valence electrons. The first-order valence-corrected chi connectivity index (χ1v) is 9.73. The van der Waals surface area contributed by atoms with Crippen molar-refractivity contribution in [2.45, 2.75) is 30.9 Å². The SMILES string of the molecule is O=C1CCc2ccccc2[C@@H]2OC(c3ccccc3)=N[C@]12Cc1ccccc1. The molecule has 0 amide bonds. The van der Waals surface area contributed by atoms with Gasteiger partial charge in [0.15, 0.2) is 17.4 Å². The molecule has 1 heterocycles. The van der Waals surface area contributed by atoms with Crippen molar-refractivity contribution in [2.75, 3.05) is 0 Å². The number of carbonyl (C=O) groups is 1. The van der Waals surface area contributed by atoms with E-state index >= 15 is 0 Å². The summed E-state index contributed by atoms with van der Waals surface area (Å²) in [5.74, 6) is 0.718. The van der Waals surface area contributed by atoms with Crippen molar-refractivity contribution in [1.29, 1.82) is 0 Å². The molecule has 1 aliphatic carbocycles. The highest BCUT2D eigenvalue weighted by Gasteiger charge is 2.54. The van der Waals surface area contributed by atoms with E-state index in [1.165, 1.54) is 5.56 Å². The summed E-state index contributed by atoms with van der Waals surface area (Å²) in [6, 6.07) is 28.2. The molecule has 0 saturated carbocycles. The molecule has 0 N–H and O–H groups in total. The van der Waals surface area contributed by atoms with E-state index in [0.29, 0.717) is 18.7 Å². The van der Waals surface area contributed by atoms with E-state index in [9.17, 15) is 4.79 Å². The number of aliphatic imine (C=N–C) groups is 1. The number of ether oxygens (including phenoxy) is 1. The van der Waals surface area contributed by atoms with Crippen LogP contribution in [0.15, 0.2) is 89.9 Å². The number of carbonyl (C=O) groups excluding carboxylic acids is 1. The van der Waals surface area contributed by atoms with E-state index in [1.54, 1.807) is 0 Å². The zero-order chi connectivity index (χ0) is 19.0. The van der Waals surface area contributed by atoms with E-state index in [0.717, 1.165) is 23.1 Å². The zero-order valence-electron chi connectivity index (χ0n) is 15.5. The van der Waals surface area contributed by atoms with E-state index < -0.39 is 11.6 Å². The van der Waals surface area contributed by atoms with E-state index in [4.69, 9.17) is 9.73 Å². The Labute approximate surface area is 164 Å². The van der Waals surface area contributed by atoms with Gasteiger partial charge in [0.1, 0.15) is 0 Å². The van der Waals surface area contributed by atoms with Crippen molar-refractivity contribution in [3.8, 4) is 0 Å². The maximum absolute atomic E-state index is 13.5. The van der Waals surface area contributed by atoms with Crippen LogP contribution in [0.5, 0.6) is 0 Å². The molecule has 28 heavy (non-hydrogen) atoms. The minimum Gasteiger partial charge on any atom is -0.466 e. The quantitative estimate of drug-likeness (QED) is 0.673. The number of hydrogen-bond acceptors (Lipinski definition) is 3. The van der Waals surface area contributed by atoms with Crippen molar-refractivity contribution in [1.82, 2.24) is 0 Å². The van der Waals surface area contributed by atoms with Gasteiger partial charge in [0.25, 0.3) is 0 Å². The van der Waals surface area contributed by atoms with E-state index in [2.05, 4.69) is 24.3 Å². The molecule has 0 unspecified atom stereocenters. The average molecular weight is 367 g/mol. The maximum Gasteiger partial charge on any atom is 0.217 e. The topological polar surface area (TPSA) is 38.7 Å². The van der Waals surface area contributed by atoms with Crippen LogP contribution in [-0.4, -0.2) is 17.2 Å². The molecule has 3 aromatic carbocycles. The van der Waals surface area contributed by atoms with Crippen LogP contribution >= 0.6 is 0 Å². The largest absolute Gasteiger partial charge is 0.466 e. The second kappa shape index (κ2) is 6.75. The summed E-state index contributed by atoms with van der Waals surface area (Å²) in [4.78, 5) is 18.5. The second-order valence-electron chi connectivity index (χ2n) is 7.49. The fourth-order valence-corrected chi connectivity index (χ4v) is 4.34. The van der Waals surface area contributed by atoms with Gasteiger partial charge >= 0.3 is 0 Å². The highest BCUT2D eigenvalue weighted by molar-refractivity contribution is 6.02. The number of benzene rings is 3. The standard InChI is InChI=1S/C25H21NO2/c27-22-16-15-19-11-7-8-14-21(19)23-25(22,17-18-9-3-1-4-10-18)26-24(28-23)20-12-5-2-6-13-20/h1-14,23H,15-17H2/t23-,25+/m0/s1. The molecular formula is C25H21NO2. The summed E-state index contributed by atoms with van der Waals surface area (Å²) >= 11 is 0. The summed E-state index contributed by atoms with van der Waals surface area (Å²) in [5.41, 5.74) is 3.36. The Hall–Kier alpha value is -3.20. The molecule has 5 rings (SSSR count). The van der Waals surface area contributed by atoms with Crippen molar-refractivity contribution in [2.24, 2.45) is 4.99 Å². The van der Waals surface area contributed by atoms with Crippen LogP contribution in [0.1, 0.15) is 34.8 Å². The molecule has 0 bridgehead atoms. The number of rotatable bonds is 3. The predicted molar refractivity (Wildman–Crippen MR) is 109 cm³/mol. The third kappa shape index (κ3) is 2.75. The minimum atomic E-state index is -0.918. The Kier molecular flexibility index (Phi) is 4.09. The fourth-order valence-electron chi connectivity index (χ4n) is 4.34. The number of hydrogen-bond donors (Lipinski definition) is 0. The molecule has 3 nitrogen and oxygen atoms in total. The molecular weight excluding hydrogens is 346 g/mol. The lowest BCUT2D eigenvalue weighted by Crippen LogP contribution is -2.42. The molecule has 0 saturated heterocycles. The van der Waals surface area contributed by atoms with Gasteiger partial charge in [-0.05, 0) is 35.2 Å². The van der Waals surface area contributed by atoms with Crippen molar-refractivity contribution in [3.05, 3.63) is 107 Å². The Morgan fingerprint density at radius 1 is 0.857 bits per heavy atom. The summed E-state index contributed by atoms with van der Waals surface area (Å²) in [6.45, 7) is 0. The molecule has 0 spiro atoms. The highest BCUT2D eigenvalue weighted by Crippen LogP contribution is 2.46. The first kappa shape index (κ1) is 16.9. The summed E-state index contributed by atoms with van der Waals surface area (Å²) in [5, 5.41) is 0. The molecule has 0 aromatic heterocycles. The fraction of sp³-hybridized carbons (Fsp3) is 0.200. The first-order chi connectivity index (χ1) is 13.8. The number of fused-ring (bicyclic) bond motifs is 3. The van der Waals surface area contributed by atoms with Gasteiger partial charge in [0.05, 0.1) is 0 Å². The van der Waals surface area contributed by atoms with Crippen LogP contribution in [0, 0.1) is 0 Å². The third-order valence-corrected chi connectivity index (χ3v) is 5.74. The van der Waals surface area contributed by atoms with Crippen LogP contribution in [-0.2, 0) is 22.4 Å². The van der Waals surface area contributed by atoms with Crippen molar-refractivity contribution >= 4 is 11.7 Å². The van der Waals surface area contributed by atoms with Crippen LogP contribution in [0.4, 0.5) is 0 Å². The van der Waals surface area contributed by atoms with Crippen LogP contribution < -0.4 is 0 Å². The van der Waals surface area contributed by atoms with Gasteiger partial charge in [-0.2, -0.15) is 0 Å². The Morgan fingerprint density at radius 2 is 1.54 bits per heavy atom. The van der Waals surface area contributed by atoms with Crippen LogP contribution in [0.3, 0.4) is 0 Å². The molecule has 0 radical (unpaired) electrons. The smallest absolute Gasteiger partial charge is 0.217 e. The number of Topliss-reactive ketones (excluding diaryl/α,β-unsaturated/α-hetero) is 1. The normalized spacial score (nSPS) is 23.2. The zero-order valence-corrected chi connectivity index (χ0v) is 15.5. The van der Waals surface area contributed by atoms with E-state index in [-0.39, 0.29) is 5.78 Å². The predicted octanol–water partition coefficient (Wildman–Crippen LogP) is 4.70. The lowest BCUT2D eigenvalue weighted by molar-refractivity contribution is -0.126. The monoisotopic (exact) mass is 367 g/mol. The summed E-state index contributed by atoms with van der Waals surface area (Å²) in [7, 11) is 0. The van der Waals surface area contributed by atoms with Crippen LogP contribution in [0.25, 0.3) is 0 Å². The summed E-state index contributed by atoms with van der Waals surface area (Å²) < 4.78 is 6.43.